The fraction of sp³-hybridized carbons (Fsp3) is 0.800. The Kier molecular flexibility index (Phi) is 13.3. The summed E-state index contributed by atoms with van der Waals surface area (Å²) in [7, 11) is 0. The van der Waals surface area contributed by atoms with Crippen molar-refractivity contribution in [3.63, 3.8) is 0 Å². The number of carboxylic acids is 1. The Labute approximate surface area is 54.3 Å². The quantitative estimate of drug-likeness (QED) is 0.423. The number of rotatable bonds is 1. The summed E-state index contributed by atoms with van der Waals surface area (Å²) in [4.78, 5) is 9.37. The van der Waals surface area contributed by atoms with Crippen LogP contribution in [0.4, 0.5) is 0 Å². The summed E-state index contributed by atoms with van der Waals surface area (Å²) in [6.45, 7) is 1.60. The van der Waals surface area contributed by atoms with Crippen LogP contribution in [-0.4, -0.2) is 23.6 Å². The zero-order chi connectivity index (χ0) is 6.99. The highest BCUT2D eigenvalue weighted by molar-refractivity contribution is 7.76. The van der Waals surface area contributed by atoms with Gasteiger partial charge in [-0.1, -0.05) is 6.92 Å². The standard InChI is InChI=1S/C3H6O2.C2H6S/c1-2-3(4)5;1-3-2/h2H2,1H3,(H,4,5);1-2H3/p+1. The number of carboxylic acid groups (broad SMARTS) is 1. The Balaban J connectivity index is 0. The van der Waals surface area contributed by atoms with Crippen LogP contribution in [0.2, 0.25) is 0 Å². The van der Waals surface area contributed by atoms with Gasteiger partial charge in [-0.15, -0.1) is 0 Å². The average Bonchev–Trinajstić information content (AvgIpc) is 1.69. The second-order valence-electron chi connectivity index (χ2n) is 1.19. The minimum Gasteiger partial charge on any atom is -0.481 e. The van der Waals surface area contributed by atoms with Gasteiger partial charge in [0.05, 0.1) is 12.5 Å². The van der Waals surface area contributed by atoms with E-state index in [0.29, 0.717) is 0 Å². The van der Waals surface area contributed by atoms with Gasteiger partial charge < -0.3 is 5.11 Å². The molecule has 0 radical (unpaired) electrons. The Morgan fingerprint density at radius 3 is 1.75 bits per heavy atom. The Hall–Kier alpha value is -0.180. The van der Waals surface area contributed by atoms with E-state index in [4.69, 9.17) is 5.11 Å². The Morgan fingerprint density at radius 1 is 1.62 bits per heavy atom. The van der Waals surface area contributed by atoms with Gasteiger partial charge in [-0.05, 0) is 11.8 Å². The summed E-state index contributed by atoms with van der Waals surface area (Å²) in [5.41, 5.74) is 0. The van der Waals surface area contributed by atoms with Gasteiger partial charge in [-0.25, -0.2) is 0 Å². The molecule has 0 heterocycles. The zero-order valence-electron chi connectivity index (χ0n) is 5.51. The van der Waals surface area contributed by atoms with Crippen LogP contribution in [0.1, 0.15) is 13.3 Å². The average molecular weight is 137 g/mol. The van der Waals surface area contributed by atoms with Crippen molar-refractivity contribution in [3.05, 3.63) is 0 Å². The second-order valence-corrected chi connectivity index (χ2v) is 2.09. The molecule has 0 aliphatic heterocycles. The third kappa shape index (κ3) is 40.8. The fourth-order valence-electron chi connectivity index (χ4n) is 0. The van der Waals surface area contributed by atoms with E-state index in [9.17, 15) is 4.79 Å². The molecule has 0 aliphatic rings. The fourth-order valence-corrected chi connectivity index (χ4v) is 0. The number of hydrogen-bond acceptors (Lipinski definition) is 1. The van der Waals surface area contributed by atoms with Crippen LogP contribution in [0.5, 0.6) is 0 Å². The van der Waals surface area contributed by atoms with E-state index in [1.807, 2.05) is 0 Å². The first kappa shape index (κ1) is 10.7. The first-order valence-corrected chi connectivity index (χ1v) is 4.17. The van der Waals surface area contributed by atoms with Gasteiger partial charge in [0.2, 0.25) is 0 Å². The van der Waals surface area contributed by atoms with Gasteiger partial charge in [0.15, 0.2) is 0 Å². The number of hydrogen-bond donors (Lipinski definition) is 1. The summed E-state index contributed by atoms with van der Waals surface area (Å²) in [6.07, 6.45) is 4.42. The van der Waals surface area contributed by atoms with Crippen molar-refractivity contribution in [2.75, 3.05) is 12.5 Å². The van der Waals surface area contributed by atoms with Crippen LogP contribution in [0, 0.1) is 0 Å². The van der Waals surface area contributed by atoms with Crippen molar-refractivity contribution >= 4 is 17.7 Å². The lowest BCUT2D eigenvalue weighted by Gasteiger charge is -1.71. The SMILES string of the molecule is CCC(=O)O.C[SH+]C. The molecule has 0 spiro atoms. The predicted octanol–water partition coefficient (Wildman–Crippen LogP) is 0.542. The van der Waals surface area contributed by atoms with Crippen molar-refractivity contribution in [2.45, 2.75) is 13.3 Å². The minimum absolute atomic E-state index is 0.222. The predicted molar refractivity (Wildman–Crippen MR) is 38.5 cm³/mol. The van der Waals surface area contributed by atoms with Crippen LogP contribution in [0.3, 0.4) is 0 Å². The minimum atomic E-state index is -0.745. The summed E-state index contributed by atoms with van der Waals surface area (Å²) in [6, 6.07) is 0. The molecular weight excluding hydrogens is 124 g/mol. The lowest BCUT2D eigenvalue weighted by Crippen LogP contribution is -1.86. The molecule has 0 aromatic rings. The third-order valence-corrected chi connectivity index (χ3v) is 0.302. The van der Waals surface area contributed by atoms with Crippen LogP contribution in [0.15, 0.2) is 0 Å². The molecule has 0 bridgehead atoms. The van der Waals surface area contributed by atoms with Crippen molar-refractivity contribution in [3.8, 4) is 0 Å². The molecule has 0 saturated carbocycles. The molecule has 0 unspecified atom stereocenters. The summed E-state index contributed by atoms with van der Waals surface area (Å²) in [5, 5.41) is 7.72. The molecule has 50 valence electrons. The Morgan fingerprint density at radius 2 is 1.75 bits per heavy atom. The maximum Gasteiger partial charge on any atom is 0.303 e. The maximum atomic E-state index is 9.37. The molecule has 0 rings (SSSR count). The van der Waals surface area contributed by atoms with Gasteiger partial charge in [-0.3, -0.25) is 4.79 Å². The molecule has 0 amide bonds. The van der Waals surface area contributed by atoms with Gasteiger partial charge in [-0.2, -0.15) is 0 Å². The van der Waals surface area contributed by atoms with E-state index >= 15 is 0 Å². The normalized spacial score (nSPS) is 6.88. The molecule has 0 aliphatic carbocycles. The maximum absolute atomic E-state index is 9.37. The summed E-state index contributed by atoms with van der Waals surface area (Å²) >= 11 is 1.42. The van der Waals surface area contributed by atoms with Crippen molar-refractivity contribution in [1.29, 1.82) is 0 Å². The molecule has 0 saturated heterocycles. The number of thiol groups is 1. The number of aliphatic carboxylic acids is 1. The Bertz CT molecular complexity index is 54.4. The van der Waals surface area contributed by atoms with Crippen molar-refractivity contribution in [1.82, 2.24) is 0 Å². The number of carbonyl (C=O) groups is 1. The van der Waals surface area contributed by atoms with E-state index in [2.05, 4.69) is 12.5 Å². The van der Waals surface area contributed by atoms with Crippen molar-refractivity contribution < 1.29 is 9.90 Å². The lowest BCUT2D eigenvalue weighted by molar-refractivity contribution is -0.136. The van der Waals surface area contributed by atoms with Gasteiger partial charge in [0, 0.05) is 6.42 Å². The van der Waals surface area contributed by atoms with E-state index in [1.54, 1.807) is 6.92 Å². The third-order valence-electron chi connectivity index (χ3n) is 0.302. The highest BCUT2D eigenvalue weighted by Gasteiger charge is 1.80. The first-order chi connectivity index (χ1) is 3.68. The van der Waals surface area contributed by atoms with Crippen LogP contribution in [0.25, 0.3) is 0 Å². The zero-order valence-corrected chi connectivity index (χ0v) is 6.40. The molecule has 8 heavy (non-hydrogen) atoms. The highest BCUT2D eigenvalue weighted by atomic mass is 32.2. The van der Waals surface area contributed by atoms with Crippen LogP contribution < -0.4 is 0 Å². The molecule has 0 fully saturated rings. The molecule has 3 heteroatoms. The van der Waals surface area contributed by atoms with Gasteiger partial charge in [0.1, 0.15) is 0 Å². The molecule has 0 atom stereocenters. The molecule has 0 aromatic carbocycles. The van der Waals surface area contributed by atoms with Crippen LogP contribution >= 0.6 is 0 Å². The lowest BCUT2D eigenvalue weighted by atomic mass is 10.5. The smallest absolute Gasteiger partial charge is 0.303 e. The highest BCUT2D eigenvalue weighted by Crippen LogP contribution is 1.67. The monoisotopic (exact) mass is 137 g/mol. The van der Waals surface area contributed by atoms with Crippen molar-refractivity contribution in [2.24, 2.45) is 0 Å². The largest absolute Gasteiger partial charge is 0.481 e. The first-order valence-electron chi connectivity index (χ1n) is 2.38. The van der Waals surface area contributed by atoms with E-state index in [1.165, 1.54) is 11.8 Å². The molecular formula is C5H13O2S+. The molecule has 0 aromatic heterocycles. The molecule has 1 N–H and O–H groups in total. The van der Waals surface area contributed by atoms with Gasteiger partial charge >= 0.3 is 5.97 Å². The van der Waals surface area contributed by atoms with Crippen LogP contribution in [-0.2, 0) is 16.6 Å². The van der Waals surface area contributed by atoms with Gasteiger partial charge in [0.25, 0.3) is 0 Å². The van der Waals surface area contributed by atoms with E-state index in [0.717, 1.165) is 0 Å². The van der Waals surface area contributed by atoms with E-state index < -0.39 is 5.97 Å². The second kappa shape index (κ2) is 9.94. The topological polar surface area (TPSA) is 37.3 Å². The summed E-state index contributed by atoms with van der Waals surface area (Å²) in [5.74, 6) is -0.745. The van der Waals surface area contributed by atoms with E-state index in [-0.39, 0.29) is 6.42 Å². The summed E-state index contributed by atoms with van der Waals surface area (Å²) < 4.78 is 0. The molecule has 2 nitrogen and oxygen atoms in total.